The molecule has 13 aromatic rings. The van der Waals surface area contributed by atoms with E-state index in [4.69, 9.17) is 4.74 Å². The van der Waals surface area contributed by atoms with Crippen LogP contribution < -0.4 is 27.2 Å². The van der Waals surface area contributed by atoms with E-state index in [1.807, 2.05) is 12.1 Å². The summed E-state index contributed by atoms with van der Waals surface area (Å²) < 4.78 is 16.1. The molecule has 0 bridgehead atoms. The zero-order chi connectivity index (χ0) is 48.0. The molecule has 0 saturated carbocycles. The number of aromatic nitrogens is 2. The van der Waals surface area contributed by atoms with E-state index in [2.05, 4.69) is 281 Å². The Kier molecular flexibility index (Phi) is 10.9. The first-order chi connectivity index (χ1) is 35.7. The van der Waals surface area contributed by atoms with Crippen molar-refractivity contribution >= 4 is 91.5 Å². The molecule has 0 N–H and O–H groups in total. The molecule has 0 saturated heterocycles. The van der Waals surface area contributed by atoms with Crippen molar-refractivity contribution in [2.24, 2.45) is 0 Å². The minimum absolute atomic E-state index is 0.816. The quantitative estimate of drug-likeness (QED) is 0.121. The number of fused-ring (bicyclic) bond motifs is 6. The van der Waals surface area contributed by atoms with Crippen LogP contribution in [0.4, 0.5) is 17.1 Å². The molecule has 0 aliphatic rings. The van der Waals surface area contributed by atoms with E-state index in [9.17, 15) is 0 Å². The minimum Gasteiger partial charge on any atom is -0.0344 e. The van der Waals surface area contributed by atoms with Gasteiger partial charge in [-0.15, -0.1) is 0 Å². The SMILES string of the molecule is COc1ccc(N(c2ccc3c(c2)c2ccccc2n3-c2ccccc2)c2ccc3c(c2)c2cc(-c4cc[c]([Ge]([c]5ccccc5)([c]5ccccc5)[c]5ccccc5)cc4)ccc2n3-c2ccccc2)cc1. The second-order valence-electron chi connectivity index (χ2n) is 18.5. The van der Waals surface area contributed by atoms with Gasteiger partial charge in [0.15, 0.2) is 0 Å². The minimum atomic E-state index is -3.43. The van der Waals surface area contributed by atoms with Crippen molar-refractivity contribution in [1.82, 2.24) is 9.13 Å². The maximum absolute atomic E-state index is 5.67. The van der Waals surface area contributed by atoms with Gasteiger partial charge >= 0.3 is 272 Å². The summed E-state index contributed by atoms with van der Waals surface area (Å²) in [5.74, 6) is 0.816. The zero-order valence-electron chi connectivity index (χ0n) is 39.8. The maximum atomic E-state index is 5.67. The third-order valence-corrected chi connectivity index (χ3v) is 24.6. The molecule has 0 spiro atoms. The van der Waals surface area contributed by atoms with E-state index >= 15 is 0 Å². The molecular formula is C67H49GeN3O. The average Bonchev–Trinajstić information content (AvgIpc) is 3.97. The third kappa shape index (κ3) is 7.22. The van der Waals surface area contributed by atoms with Gasteiger partial charge in [-0.1, -0.05) is 42.5 Å². The molecule has 0 amide bonds. The van der Waals surface area contributed by atoms with Gasteiger partial charge in [-0.3, -0.25) is 0 Å². The van der Waals surface area contributed by atoms with Crippen LogP contribution in [0, 0.1) is 0 Å². The Hall–Kier alpha value is -8.84. The monoisotopic (exact) mass is 985 g/mol. The Morgan fingerprint density at radius 3 is 1.18 bits per heavy atom. The van der Waals surface area contributed by atoms with Crippen LogP contribution in [0.2, 0.25) is 0 Å². The number of nitrogens with zero attached hydrogens (tertiary/aromatic N) is 3. The number of benzene rings is 11. The second kappa shape index (κ2) is 18.2. The normalized spacial score (nSPS) is 11.7. The van der Waals surface area contributed by atoms with Gasteiger partial charge in [0.2, 0.25) is 0 Å². The van der Waals surface area contributed by atoms with Gasteiger partial charge in [0.1, 0.15) is 5.75 Å². The van der Waals surface area contributed by atoms with Crippen molar-refractivity contribution in [3.8, 4) is 28.3 Å². The number of methoxy groups -OCH3 is 1. The van der Waals surface area contributed by atoms with E-state index in [1.54, 1.807) is 7.11 Å². The standard InChI is InChI=1S/C67H49GeN3O/c1-72-59-40-36-56(37-41-59)69(57-38-43-66-62(46-57)60-29-17-18-30-64(60)70(66)54-25-13-5-14-26-54)58-39-44-67-63(47-58)61-45-49(33-42-65(61)71(67)55-27-15-6-16-28-55)48-31-34-53(35-32-48)68(50-19-7-2-8-20-50,51-21-9-3-10-22-51)52-23-11-4-12-24-52/h2-47H,1H3. The first kappa shape index (κ1) is 43.2. The summed E-state index contributed by atoms with van der Waals surface area (Å²) in [6.07, 6.45) is 0. The van der Waals surface area contributed by atoms with E-state index in [0.29, 0.717) is 0 Å². The molecule has 13 rings (SSSR count). The van der Waals surface area contributed by atoms with E-state index < -0.39 is 13.3 Å². The van der Waals surface area contributed by atoms with Gasteiger partial charge in [-0.05, 0) is 60.7 Å². The molecule has 342 valence electrons. The number of anilines is 3. The van der Waals surface area contributed by atoms with E-state index in [-0.39, 0.29) is 0 Å². The zero-order valence-corrected chi connectivity index (χ0v) is 41.9. The van der Waals surface area contributed by atoms with Crippen molar-refractivity contribution in [3.05, 3.63) is 279 Å². The van der Waals surface area contributed by atoms with Crippen LogP contribution in [0.3, 0.4) is 0 Å². The fourth-order valence-electron chi connectivity index (χ4n) is 11.3. The van der Waals surface area contributed by atoms with Crippen molar-refractivity contribution in [2.45, 2.75) is 0 Å². The first-order valence-electron chi connectivity index (χ1n) is 24.6. The summed E-state index contributed by atoms with van der Waals surface area (Å²) in [4.78, 5) is 2.38. The Morgan fingerprint density at radius 1 is 0.306 bits per heavy atom. The predicted octanol–water partition coefficient (Wildman–Crippen LogP) is 14.4. The molecule has 0 fully saturated rings. The topological polar surface area (TPSA) is 22.3 Å². The van der Waals surface area contributed by atoms with Crippen molar-refractivity contribution in [1.29, 1.82) is 0 Å². The summed E-state index contributed by atoms with van der Waals surface area (Å²) in [5, 5.41) is 4.78. The number of rotatable bonds is 11. The molecule has 2 aromatic heterocycles. The summed E-state index contributed by atoms with van der Waals surface area (Å²) >= 11 is -3.43. The maximum Gasteiger partial charge on any atom is -0.0179 e. The predicted molar refractivity (Wildman–Crippen MR) is 305 cm³/mol. The van der Waals surface area contributed by atoms with E-state index in [1.165, 1.54) is 55.8 Å². The molecular weight excluding hydrogens is 935 g/mol. The van der Waals surface area contributed by atoms with Crippen LogP contribution in [-0.2, 0) is 0 Å². The molecule has 0 radical (unpaired) electrons. The fourth-order valence-corrected chi connectivity index (χ4v) is 21.2. The van der Waals surface area contributed by atoms with Crippen molar-refractivity contribution in [2.75, 3.05) is 12.0 Å². The van der Waals surface area contributed by atoms with Crippen LogP contribution in [0.5, 0.6) is 5.75 Å². The first-order valence-corrected chi connectivity index (χ1v) is 28.8. The van der Waals surface area contributed by atoms with Gasteiger partial charge in [-0.25, -0.2) is 0 Å². The number of hydrogen-bond acceptors (Lipinski definition) is 2. The van der Waals surface area contributed by atoms with Gasteiger partial charge in [0.05, 0.1) is 18.1 Å². The smallest absolute Gasteiger partial charge is 0.0179 e. The molecule has 11 aromatic carbocycles. The van der Waals surface area contributed by atoms with Crippen LogP contribution in [0.15, 0.2) is 279 Å². The average molecular weight is 985 g/mol. The Labute approximate surface area is 422 Å². The van der Waals surface area contributed by atoms with Gasteiger partial charge in [0.25, 0.3) is 0 Å². The largest absolute Gasteiger partial charge is 0.0344 e. The Bertz CT molecular complexity index is 3940. The summed E-state index contributed by atoms with van der Waals surface area (Å²) in [6, 6.07) is 103. The van der Waals surface area contributed by atoms with Crippen LogP contribution >= 0.6 is 0 Å². The Balaban J connectivity index is 0.986. The van der Waals surface area contributed by atoms with Gasteiger partial charge in [0, 0.05) is 16.5 Å². The van der Waals surface area contributed by atoms with Gasteiger partial charge in [-0.2, -0.15) is 0 Å². The van der Waals surface area contributed by atoms with Crippen molar-refractivity contribution < 1.29 is 4.74 Å². The molecule has 0 atom stereocenters. The number of hydrogen-bond donors (Lipinski definition) is 0. The second-order valence-corrected chi connectivity index (χ2v) is 26.4. The van der Waals surface area contributed by atoms with Gasteiger partial charge < -0.3 is 9.30 Å². The molecule has 5 heteroatoms. The molecule has 72 heavy (non-hydrogen) atoms. The molecule has 0 unspecified atom stereocenters. The number of para-hydroxylation sites is 3. The van der Waals surface area contributed by atoms with Crippen LogP contribution in [0.1, 0.15) is 0 Å². The fraction of sp³-hybridized carbons (Fsp3) is 0.0149. The van der Waals surface area contributed by atoms with Crippen LogP contribution in [-0.4, -0.2) is 29.5 Å². The third-order valence-electron chi connectivity index (χ3n) is 14.6. The Morgan fingerprint density at radius 2 is 0.681 bits per heavy atom. The van der Waals surface area contributed by atoms with Crippen molar-refractivity contribution in [3.63, 3.8) is 0 Å². The summed E-state index contributed by atoms with van der Waals surface area (Å²) in [7, 11) is 1.72. The van der Waals surface area contributed by atoms with E-state index in [0.717, 1.165) is 50.7 Å². The molecule has 4 nitrogen and oxygen atoms in total. The molecule has 2 heterocycles. The molecule has 0 aliphatic heterocycles. The molecule has 0 aliphatic carbocycles. The van der Waals surface area contributed by atoms with Crippen LogP contribution in [0.25, 0.3) is 66.1 Å². The number of ether oxygens (including phenoxy) is 1. The summed E-state index contributed by atoms with van der Waals surface area (Å²) in [6.45, 7) is 0. The summed E-state index contributed by atoms with van der Waals surface area (Å²) in [5.41, 5.74) is 12.4.